The van der Waals surface area contributed by atoms with Crippen molar-refractivity contribution in [2.45, 2.75) is 20.0 Å². The van der Waals surface area contributed by atoms with E-state index < -0.39 is 11.9 Å². The first kappa shape index (κ1) is 18.2. The number of carbonyl (C=O) groups is 1. The van der Waals surface area contributed by atoms with Gasteiger partial charge < -0.3 is 9.80 Å². The average Bonchev–Trinajstić information content (AvgIpc) is 2.60. The van der Waals surface area contributed by atoms with Crippen LogP contribution in [0, 0.1) is 13.8 Å². The second-order valence-corrected chi connectivity index (χ2v) is 6.45. The van der Waals surface area contributed by atoms with Gasteiger partial charge in [0.25, 0.3) is 5.91 Å². The number of nitrogens with zero attached hydrogens (tertiary/aromatic N) is 3. The van der Waals surface area contributed by atoms with Gasteiger partial charge in [0.15, 0.2) is 0 Å². The maximum absolute atomic E-state index is 12.7. The van der Waals surface area contributed by atoms with Crippen LogP contribution in [0.4, 0.5) is 18.9 Å². The number of benzene rings is 1. The number of pyridine rings is 1. The summed E-state index contributed by atoms with van der Waals surface area (Å²) in [6.07, 6.45) is -4.51. The Balaban J connectivity index is 1.69. The largest absolute Gasteiger partial charge is 0.433 e. The molecule has 0 N–H and O–H groups in total. The van der Waals surface area contributed by atoms with Crippen LogP contribution in [0.25, 0.3) is 0 Å². The number of amides is 1. The van der Waals surface area contributed by atoms with E-state index in [1.807, 2.05) is 25.1 Å². The number of anilines is 1. The molecule has 3 rings (SSSR count). The topological polar surface area (TPSA) is 36.4 Å². The minimum atomic E-state index is -4.51. The lowest BCUT2D eigenvalue weighted by atomic mass is 10.1. The highest BCUT2D eigenvalue weighted by Crippen LogP contribution is 2.28. The molecule has 1 saturated heterocycles. The first-order valence-electron chi connectivity index (χ1n) is 8.41. The van der Waals surface area contributed by atoms with Crippen molar-refractivity contribution in [2.75, 3.05) is 31.1 Å². The molecule has 1 aromatic heterocycles. The van der Waals surface area contributed by atoms with Gasteiger partial charge in [-0.1, -0.05) is 12.1 Å². The maximum atomic E-state index is 12.7. The molecule has 1 amide bonds. The van der Waals surface area contributed by atoms with Crippen LogP contribution in [0.1, 0.15) is 27.3 Å². The van der Waals surface area contributed by atoms with Crippen LogP contribution in [0.2, 0.25) is 0 Å². The minimum Gasteiger partial charge on any atom is -0.368 e. The summed E-state index contributed by atoms with van der Waals surface area (Å²) in [6.45, 7) is 5.88. The van der Waals surface area contributed by atoms with Crippen molar-refractivity contribution in [1.29, 1.82) is 0 Å². The van der Waals surface area contributed by atoms with Crippen LogP contribution in [0.5, 0.6) is 0 Å². The van der Waals surface area contributed by atoms with E-state index in [1.54, 1.807) is 4.90 Å². The van der Waals surface area contributed by atoms with E-state index in [1.165, 1.54) is 18.6 Å². The zero-order chi connectivity index (χ0) is 18.9. The summed E-state index contributed by atoms with van der Waals surface area (Å²) in [7, 11) is 0. The highest BCUT2D eigenvalue weighted by atomic mass is 19.4. The van der Waals surface area contributed by atoms with Gasteiger partial charge >= 0.3 is 6.18 Å². The van der Waals surface area contributed by atoms with Gasteiger partial charge in [-0.2, -0.15) is 13.2 Å². The van der Waals surface area contributed by atoms with Crippen LogP contribution in [0.15, 0.2) is 36.4 Å². The van der Waals surface area contributed by atoms with Crippen molar-refractivity contribution in [1.82, 2.24) is 9.88 Å². The van der Waals surface area contributed by atoms with E-state index in [0.717, 1.165) is 11.8 Å². The molecule has 1 aromatic carbocycles. The predicted molar refractivity (Wildman–Crippen MR) is 93.3 cm³/mol. The van der Waals surface area contributed by atoms with Crippen LogP contribution in [-0.2, 0) is 6.18 Å². The SMILES string of the molecule is Cc1cccc(N2CCN(C(=O)c3ccc(C(F)(F)F)nc3C)CC2)c1. The standard InChI is InChI=1S/C19H20F3N3O/c1-13-4-3-5-15(12-13)24-8-10-25(11-9-24)18(26)16-6-7-17(19(20,21)22)23-14(16)2/h3-7,12H,8-11H2,1-2H3. The Morgan fingerprint density at radius 2 is 1.73 bits per heavy atom. The molecule has 0 saturated carbocycles. The second kappa shape index (κ2) is 6.97. The van der Waals surface area contributed by atoms with Crippen molar-refractivity contribution in [3.8, 4) is 0 Å². The Labute approximate surface area is 150 Å². The number of rotatable bonds is 2. The molecule has 138 valence electrons. The quantitative estimate of drug-likeness (QED) is 0.817. The Morgan fingerprint density at radius 3 is 2.31 bits per heavy atom. The number of halogens is 3. The smallest absolute Gasteiger partial charge is 0.368 e. The van der Waals surface area contributed by atoms with Gasteiger partial charge in [0.05, 0.1) is 11.3 Å². The Hall–Kier alpha value is -2.57. The summed E-state index contributed by atoms with van der Waals surface area (Å²) < 4.78 is 38.2. The molecule has 0 unspecified atom stereocenters. The third kappa shape index (κ3) is 3.81. The minimum absolute atomic E-state index is 0.103. The van der Waals surface area contributed by atoms with Gasteiger partial charge in [0.2, 0.25) is 0 Å². The summed E-state index contributed by atoms with van der Waals surface area (Å²) in [5.74, 6) is -0.271. The molecule has 0 radical (unpaired) electrons. The molecule has 0 atom stereocenters. The third-order valence-corrected chi connectivity index (χ3v) is 4.54. The summed E-state index contributed by atoms with van der Waals surface area (Å²) in [5, 5.41) is 0. The molecule has 26 heavy (non-hydrogen) atoms. The number of carbonyl (C=O) groups excluding carboxylic acids is 1. The van der Waals surface area contributed by atoms with Gasteiger partial charge in [-0.15, -0.1) is 0 Å². The lowest BCUT2D eigenvalue weighted by Gasteiger charge is -2.36. The normalized spacial score (nSPS) is 15.3. The third-order valence-electron chi connectivity index (χ3n) is 4.54. The predicted octanol–water partition coefficient (Wildman–Crippen LogP) is 3.68. The van der Waals surface area contributed by atoms with E-state index in [4.69, 9.17) is 0 Å². The average molecular weight is 363 g/mol. The van der Waals surface area contributed by atoms with Crippen molar-refractivity contribution in [3.05, 3.63) is 58.9 Å². The first-order valence-corrected chi connectivity index (χ1v) is 8.41. The fraction of sp³-hybridized carbons (Fsp3) is 0.368. The maximum Gasteiger partial charge on any atom is 0.433 e. The van der Waals surface area contributed by atoms with E-state index in [2.05, 4.69) is 16.0 Å². The fourth-order valence-electron chi connectivity index (χ4n) is 3.11. The van der Waals surface area contributed by atoms with Gasteiger partial charge in [-0.3, -0.25) is 4.79 Å². The molecule has 1 aliphatic rings. The summed E-state index contributed by atoms with van der Waals surface area (Å²) in [5.41, 5.74) is 1.64. The summed E-state index contributed by atoms with van der Waals surface area (Å²) in [6, 6.07) is 10.3. The van der Waals surface area contributed by atoms with Gasteiger partial charge in [0, 0.05) is 31.9 Å². The van der Waals surface area contributed by atoms with E-state index in [9.17, 15) is 18.0 Å². The van der Waals surface area contributed by atoms with E-state index >= 15 is 0 Å². The monoisotopic (exact) mass is 363 g/mol. The highest BCUT2D eigenvalue weighted by molar-refractivity contribution is 5.95. The lowest BCUT2D eigenvalue weighted by Crippen LogP contribution is -2.49. The number of aryl methyl sites for hydroxylation is 2. The van der Waals surface area contributed by atoms with E-state index in [-0.39, 0.29) is 17.2 Å². The molecule has 1 aliphatic heterocycles. The molecule has 2 heterocycles. The number of hydrogen-bond donors (Lipinski definition) is 0. The molecular formula is C19H20F3N3O. The zero-order valence-corrected chi connectivity index (χ0v) is 14.7. The van der Waals surface area contributed by atoms with Crippen LogP contribution in [0.3, 0.4) is 0 Å². The fourth-order valence-corrected chi connectivity index (χ4v) is 3.11. The zero-order valence-electron chi connectivity index (χ0n) is 14.7. The van der Waals surface area contributed by atoms with Crippen molar-refractivity contribution in [2.24, 2.45) is 0 Å². The Kier molecular flexibility index (Phi) is 4.89. The number of piperazine rings is 1. The Morgan fingerprint density at radius 1 is 1.04 bits per heavy atom. The van der Waals surface area contributed by atoms with Gasteiger partial charge in [-0.25, -0.2) is 4.98 Å². The van der Waals surface area contributed by atoms with Crippen LogP contribution in [-0.4, -0.2) is 42.0 Å². The number of hydrogen-bond acceptors (Lipinski definition) is 3. The molecule has 0 bridgehead atoms. The number of aromatic nitrogens is 1. The van der Waals surface area contributed by atoms with Crippen molar-refractivity contribution >= 4 is 11.6 Å². The molecule has 4 nitrogen and oxygen atoms in total. The highest BCUT2D eigenvalue weighted by Gasteiger charge is 2.33. The van der Waals surface area contributed by atoms with Crippen LogP contribution >= 0.6 is 0 Å². The van der Waals surface area contributed by atoms with Crippen LogP contribution < -0.4 is 4.90 Å². The summed E-state index contributed by atoms with van der Waals surface area (Å²) in [4.78, 5) is 20.1. The van der Waals surface area contributed by atoms with E-state index in [0.29, 0.717) is 26.2 Å². The van der Waals surface area contributed by atoms with Gasteiger partial charge in [0.1, 0.15) is 5.69 Å². The molecule has 1 fully saturated rings. The first-order chi connectivity index (χ1) is 12.3. The molecule has 0 spiro atoms. The van der Waals surface area contributed by atoms with Crippen molar-refractivity contribution in [3.63, 3.8) is 0 Å². The summed E-state index contributed by atoms with van der Waals surface area (Å²) >= 11 is 0. The van der Waals surface area contributed by atoms with Crippen molar-refractivity contribution < 1.29 is 18.0 Å². The van der Waals surface area contributed by atoms with Gasteiger partial charge in [-0.05, 0) is 43.7 Å². The Bertz CT molecular complexity index is 812. The molecular weight excluding hydrogens is 343 g/mol. The molecule has 0 aliphatic carbocycles. The number of alkyl halides is 3. The molecule has 7 heteroatoms. The second-order valence-electron chi connectivity index (χ2n) is 6.45. The lowest BCUT2D eigenvalue weighted by molar-refractivity contribution is -0.141. The molecule has 2 aromatic rings.